The molecule has 0 amide bonds. The average Bonchev–Trinajstić information content (AvgIpc) is 2.84. The molecule has 0 aliphatic heterocycles. The fraction of sp³-hybridized carbons (Fsp3) is 0.214. The van der Waals surface area contributed by atoms with Crippen LogP contribution in [0.3, 0.4) is 0 Å². The monoisotopic (exact) mass is 368 g/mol. The molecule has 144 valence electrons. The molecule has 1 aromatic carbocycles. The van der Waals surface area contributed by atoms with Gasteiger partial charge in [0.1, 0.15) is 0 Å². The van der Waals surface area contributed by atoms with Crippen LogP contribution in [0.1, 0.15) is 45.2 Å². The molecule has 0 fully saturated rings. The van der Waals surface area contributed by atoms with E-state index in [0.717, 1.165) is 6.42 Å². The molecule has 2 rings (SSSR count). The Balaban J connectivity index is 2.61. The van der Waals surface area contributed by atoms with Gasteiger partial charge in [-0.25, -0.2) is 0 Å². The summed E-state index contributed by atoms with van der Waals surface area (Å²) < 4.78 is 0. The third kappa shape index (κ3) is 5.57. The molecule has 0 heteroatoms. The van der Waals surface area contributed by atoms with E-state index >= 15 is 0 Å². The Kier molecular flexibility index (Phi) is 8.02. The SMILES string of the molecule is C=C/C=C/C(C)=C(C)\C=C/C1=C(c2ccccc2C)C=C/C(=C/CC)C(C)=C1. The highest BCUT2D eigenvalue weighted by molar-refractivity contribution is 5.84. The lowest BCUT2D eigenvalue weighted by Crippen LogP contribution is -1.90. The van der Waals surface area contributed by atoms with E-state index in [1.165, 1.54) is 44.6 Å². The molecule has 0 spiro atoms. The van der Waals surface area contributed by atoms with Crippen LogP contribution in [0, 0.1) is 6.92 Å². The Morgan fingerprint density at radius 1 is 1.00 bits per heavy atom. The lowest BCUT2D eigenvalue weighted by molar-refractivity contribution is 1.20. The van der Waals surface area contributed by atoms with E-state index < -0.39 is 0 Å². The lowest BCUT2D eigenvalue weighted by atomic mass is 9.95. The number of hydrogen-bond acceptors (Lipinski definition) is 0. The standard InChI is InChI=1S/C28H32/c1-7-9-13-21(3)22(4)16-17-26-20-24(6)25(12-8-2)18-19-28(26)27-15-11-10-14-23(27)5/h7,9-20H,1,8H2,2-6H3/b13-9+,17-16-,22-21-,25-12-. The van der Waals surface area contributed by atoms with Crippen molar-refractivity contribution in [2.24, 2.45) is 0 Å². The Labute approximate surface area is 171 Å². The van der Waals surface area contributed by atoms with Gasteiger partial charge >= 0.3 is 0 Å². The summed E-state index contributed by atoms with van der Waals surface area (Å²) in [4.78, 5) is 0. The van der Waals surface area contributed by atoms with Crippen LogP contribution in [0.15, 0.2) is 113 Å². The van der Waals surface area contributed by atoms with Gasteiger partial charge in [0.05, 0.1) is 0 Å². The van der Waals surface area contributed by atoms with Gasteiger partial charge in [0.25, 0.3) is 0 Å². The second kappa shape index (κ2) is 10.5. The van der Waals surface area contributed by atoms with Gasteiger partial charge in [-0.05, 0) is 78.7 Å². The van der Waals surface area contributed by atoms with E-state index in [-0.39, 0.29) is 0 Å². The van der Waals surface area contributed by atoms with Crippen molar-refractivity contribution in [1.82, 2.24) is 0 Å². The molecule has 0 saturated carbocycles. The summed E-state index contributed by atoms with van der Waals surface area (Å²) in [5.74, 6) is 0. The molecule has 0 atom stereocenters. The molecule has 0 radical (unpaired) electrons. The van der Waals surface area contributed by atoms with Gasteiger partial charge in [0.15, 0.2) is 0 Å². The summed E-state index contributed by atoms with van der Waals surface area (Å²) in [6.07, 6.45) is 20.5. The van der Waals surface area contributed by atoms with Crippen molar-refractivity contribution >= 4 is 5.57 Å². The first-order valence-corrected chi connectivity index (χ1v) is 9.99. The number of hydrogen-bond donors (Lipinski definition) is 0. The van der Waals surface area contributed by atoms with Crippen molar-refractivity contribution in [2.45, 2.75) is 41.0 Å². The highest BCUT2D eigenvalue weighted by atomic mass is 14.1. The van der Waals surface area contributed by atoms with E-state index in [1.54, 1.807) is 0 Å². The van der Waals surface area contributed by atoms with Gasteiger partial charge in [-0.3, -0.25) is 0 Å². The second-order valence-electron chi connectivity index (χ2n) is 7.21. The molecule has 0 unspecified atom stereocenters. The zero-order valence-corrected chi connectivity index (χ0v) is 17.9. The van der Waals surface area contributed by atoms with E-state index in [2.05, 4.69) is 108 Å². The van der Waals surface area contributed by atoms with Crippen LogP contribution < -0.4 is 0 Å². The highest BCUT2D eigenvalue weighted by Crippen LogP contribution is 2.31. The Morgan fingerprint density at radius 2 is 1.71 bits per heavy atom. The van der Waals surface area contributed by atoms with Crippen molar-refractivity contribution in [1.29, 1.82) is 0 Å². The third-order valence-electron chi connectivity index (χ3n) is 5.04. The minimum atomic E-state index is 1.03. The zero-order valence-electron chi connectivity index (χ0n) is 17.9. The molecule has 0 bridgehead atoms. The van der Waals surface area contributed by atoms with Crippen LogP contribution in [0.5, 0.6) is 0 Å². The van der Waals surface area contributed by atoms with Crippen molar-refractivity contribution < 1.29 is 0 Å². The molecule has 1 aliphatic rings. The van der Waals surface area contributed by atoms with Crippen molar-refractivity contribution in [3.8, 4) is 0 Å². The normalized spacial score (nSPS) is 17.3. The Morgan fingerprint density at radius 3 is 2.39 bits per heavy atom. The maximum atomic E-state index is 3.75. The van der Waals surface area contributed by atoms with Crippen LogP contribution in [0.4, 0.5) is 0 Å². The first-order chi connectivity index (χ1) is 13.5. The fourth-order valence-corrected chi connectivity index (χ4v) is 3.19. The van der Waals surface area contributed by atoms with Crippen molar-refractivity contribution in [2.75, 3.05) is 0 Å². The molecule has 0 nitrogen and oxygen atoms in total. The molecule has 0 heterocycles. The molecular weight excluding hydrogens is 336 g/mol. The molecular formula is C28H32. The number of rotatable bonds is 6. The maximum Gasteiger partial charge on any atom is -0.0108 e. The third-order valence-corrected chi connectivity index (χ3v) is 5.04. The number of aryl methyl sites for hydroxylation is 1. The maximum absolute atomic E-state index is 3.75. The molecule has 0 N–H and O–H groups in total. The van der Waals surface area contributed by atoms with Crippen molar-refractivity contribution in [3.05, 3.63) is 125 Å². The zero-order chi connectivity index (χ0) is 20.5. The summed E-state index contributed by atoms with van der Waals surface area (Å²) in [7, 11) is 0. The predicted octanol–water partition coefficient (Wildman–Crippen LogP) is 8.24. The summed E-state index contributed by atoms with van der Waals surface area (Å²) in [6, 6.07) is 8.60. The second-order valence-corrected chi connectivity index (χ2v) is 7.21. The van der Waals surface area contributed by atoms with E-state index in [9.17, 15) is 0 Å². The molecule has 1 aliphatic carbocycles. The number of benzene rings is 1. The van der Waals surface area contributed by atoms with Gasteiger partial charge in [0.2, 0.25) is 0 Å². The first kappa shape index (κ1) is 21.4. The predicted molar refractivity (Wildman–Crippen MR) is 126 cm³/mol. The largest absolute Gasteiger partial charge is 0.0991 e. The Hall–Kier alpha value is -2.86. The lowest BCUT2D eigenvalue weighted by Gasteiger charge is -2.10. The van der Waals surface area contributed by atoms with Crippen molar-refractivity contribution in [3.63, 3.8) is 0 Å². The van der Waals surface area contributed by atoms with Gasteiger partial charge in [0, 0.05) is 0 Å². The minimum absolute atomic E-state index is 1.03. The van der Waals surface area contributed by atoms with Crippen LogP contribution in [-0.2, 0) is 0 Å². The molecule has 0 aromatic heterocycles. The quantitative estimate of drug-likeness (QED) is 0.443. The summed E-state index contributed by atoms with van der Waals surface area (Å²) in [6.45, 7) is 14.6. The van der Waals surface area contributed by atoms with Gasteiger partial charge < -0.3 is 0 Å². The van der Waals surface area contributed by atoms with E-state index in [4.69, 9.17) is 0 Å². The van der Waals surface area contributed by atoms with Crippen LogP contribution in [0.2, 0.25) is 0 Å². The summed E-state index contributed by atoms with van der Waals surface area (Å²) in [5, 5.41) is 0. The van der Waals surface area contributed by atoms with Gasteiger partial charge in [-0.1, -0.05) is 92.5 Å². The highest BCUT2D eigenvalue weighted by Gasteiger charge is 2.10. The van der Waals surface area contributed by atoms with Crippen LogP contribution >= 0.6 is 0 Å². The molecule has 28 heavy (non-hydrogen) atoms. The van der Waals surface area contributed by atoms with E-state index in [1.807, 2.05) is 12.2 Å². The smallest absolute Gasteiger partial charge is 0.0108 e. The Bertz CT molecular complexity index is 934. The average molecular weight is 369 g/mol. The van der Waals surface area contributed by atoms with Gasteiger partial charge in [-0.2, -0.15) is 0 Å². The van der Waals surface area contributed by atoms with Gasteiger partial charge in [-0.15, -0.1) is 0 Å². The summed E-state index contributed by atoms with van der Waals surface area (Å²) >= 11 is 0. The minimum Gasteiger partial charge on any atom is -0.0991 e. The van der Waals surface area contributed by atoms with Crippen LogP contribution in [-0.4, -0.2) is 0 Å². The first-order valence-electron chi connectivity index (χ1n) is 9.99. The molecule has 1 aromatic rings. The van der Waals surface area contributed by atoms with E-state index in [0.29, 0.717) is 0 Å². The molecule has 0 saturated heterocycles. The van der Waals surface area contributed by atoms with Crippen LogP contribution in [0.25, 0.3) is 5.57 Å². The summed E-state index contributed by atoms with van der Waals surface area (Å²) in [5.41, 5.74) is 10.2. The topological polar surface area (TPSA) is 0 Å². The number of allylic oxidation sites excluding steroid dienone is 15. The fourth-order valence-electron chi connectivity index (χ4n) is 3.19.